The fraction of sp³-hybridized carbons (Fsp3) is 0.308. The number of hydrogen-bond acceptors (Lipinski definition) is 5. The Kier molecular flexibility index (Phi) is 2.95. The van der Waals surface area contributed by atoms with Gasteiger partial charge in [0.05, 0.1) is 10.6 Å². The van der Waals surface area contributed by atoms with E-state index in [1.54, 1.807) is 12.1 Å². The van der Waals surface area contributed by atoms with Gasteiger partial charge in [-0.25, -0.2) is 0 Å². The second kappa shape index (κ2) is 4.53. The Bertz CT molecular complexity index is 631. The number of nitrogens with one attached hydrogen (secondary N) is 1. The van der Waals surface area contributed by atoms with Crippen molar-refractivity contribution in [1.29, 1.82) is 0 Å². The third-order valence-corrected chi connectivity index (χ3v) is 3.92. The van der Waals surface area contributed by atoms with Crippen LogP contribution in [-0.4, -0.2) is 38.0 Å². The zero-order valence-electron chi connectivity index (χ0n) is 10.4. The van der Waals surface area contributed by atoms with E-state index in [1.165, 1.54) is 6.07 Å². The number of aliphatic hydroxyl groups is 1. The number of phenols is 1. The summed E-state index contributed by atoms with van der Waals surface area (Å²) in [6.07, 6.45) is -0.390. The van der Waals surface area contributed by atoms with Crippen molar-refractivity contribution in [1.82, 2.24) is 10.2 Å². The van der Waals surface area contributed by atoms with E-state index < -0.39 is 24.1 Å². The number of amides is 2. The van der Waals surface area contributed by atoms with E-state index in [4.69, 9.17) is 12.2 Å². The maximum atomic E-state index is 12.3. The molecule has 0 aromatic heterocycles. The van der Waals surface area contributed by atoms with Gasteiger partial charge in [0.25, 0.3) is 5.91 Å². The standard InChI is InChI=1S/C13H12N2O4S/c16-8-3-1-2-6-10(8)13(19)15(12(6)18)7-4-5-9(20)14-11(7)17/h1-3,7,12,16,18H,4-5H2,(H,14,17,20). The van der Waals surface area contributed by atoms with Crippen LogP contribution in [0.25, 0.3) is 0 Å². The van der Waals surface area contributed by atoms with Crippen LogP contribution in [0.5, 0.6) is 5.75 Å². The summed E-state index contributed by atoms with van der Waals surface area (Å²) < 4.78 is 0. The number of carbonyl (C=O) groups excluding carboxylic acids is 2. The smallest absolute Gasteiger partial charge is 0.261 e. The molecule has 6 nitrogen and oxygen atoms in total. The van der Waals surface area contributed by atoms with Crippen LogP contribution in [0.1, 0.15) is 35.0 Å². The van der Waals surface area contributed by atoms with E-state index in [0.717, 1.165) is 4.90 Å². The molecule has 2 aliphatic rings. The number of benzene rings is 1. The summed E-state index contributed by atoms with van der Waals surface area (Å²) in [5.74, 6) is -1.14. The Morgan fingerprint density at radius 1 is 1.35 bits per heavy atom. The lowest BCUT2D eigenvalue weighted by Crippen LogP contribution is -2.53. The van der Waals surface area contributed by atoms with E-state index >= 15 is 0 Å². The van der Waals surface area contributed by atoms with Crippen molar-refractivity contribution in [3.8, 4) is 5.75 Å². The van der Waals surface area contributed by atoms with Gasteiger partial charge < -0.3 is 15.5 Å². The molecule has 20 heavy (non-hydrogen) atoms. The molecule has 7 heteroatoms. The number of piperidine rings is 1. The highest BCUT2D eigenvalue weighted by Gasteiger charge is 2.44. The SMILES string of the molecule is O=C1NC(=S)CCC1N1C(=O)c2c(O)cccc2C1O. The lowest BCUT2D eigenvalue weighted by atomic mass is 10.0. The first-order chi connectivity index (χ1) is 9.50. The molecule has 2 aliphatic heterocycles. The second-order valence-electron chi connectivity index (χ2n) is 4.79. The topological polar surface area (TPSA) is 89.9 Å². The molecule has 104 valence electrons. The van der Waals surface area contributed by atoms with Crippen molar-refractivity contribution in [2.24, 2.45) is 0 Å². The van der Waals surface area contributed by atoms with Crippen molar-refractivity contribution in [3.63, 3.8) is 0 Å². The molecule has 1 saturated heterocycles. The molecule has 2 atom stereocenters. The first-order valence-corrected chi connectivity index (χ1v) is 6.58. The van der Waals surface area contributed by atoms with Crippen LogP contribution < -0.4 is 5.32 Å². The second-order valence-corrected chi connectivity index (χ2v) is 5.29. The predicted octanol–water partition coefficient (Wildman–Crippen LogP) is 0.445. The number of thiocarbonyl (C=S) groups is 1. The van der Waals surface area contributed by atoms with Crippen LogP contribution in [0.15, 0.2) is 18.2 Å². The highest BCUT2D eigenvalue weighted by atomic mass is 32.1. The molecule has 0 spiro atoms. The molecule has 2 heterocycles. The fourth-order valence-corrected chi connectivity index (χ4v) is 2.87. The Balaban J connectivity index is 1.98. The number of aromatic hydroxyl groups is 1. The highest BCUT2D eigenvalue weighted by molar-refractivity contribution is 7.80. The van der Waals surface area contributed by atoms with E-state index in [-0.39, 0.29) is 11.3 Å². The molecule has 3 rings (SSSR count). The minimum atomic E-state index is -1.23. The summed E-state index contributed by atoms with van der Waals surface area (Å²) in [6.45, 7) is 0. The third-order valence-electron chi connectivity index (χ3n) is 3.61. The molecule has 1 aromatic carbocycles. The van der Waals surface area contributed by atoms with Gasteiger partial charge in [-0.2, -0.15) is 0 Å². The van der Waals surface area contributed by atoms with Crippen LogP contribution in [-0.2, 0) is 4.79 Å². The minimum Gasteiger partial charge on any atom is -0.507 e. The summed E-state index contributed by atoms with van der Waals surface area (Å²) in [7, 11) is 0. The molecule has 0 radical (unpaired) electrons. The van der Waals surface area contributed by atoms with E-state index in [9.17, 15) is 19.8 Å². The first-order valence-electron chi connectivity index (χ1n) is 6.17. The number of rotatable bonds is 1. The summed E-state index contributed by atoms with van der Waals surface area (Å²) in [5.41, 5.74) is 0.372. The van der Waals surface area contributed by atoms with Gasteiger partial charge in [-0.1, -0.05) is 24.4 Å². The van der Waals surface area contributed by atoms with Gasteiger partial charge in [0.15, 0.2) is 6.23 Å². The van der Waals surface area contributed by atoms with Gasteiger partial charge in [0, 0.05) is 12.0 Å². The van der Waals surface area contributed by atoms with Crippen LogP contribution in [0.3, 0.4) is 0 Å². The molecule has 1 aromatic rings. The van der Waals surface area contributed by atoms with Crippen molar-refractivity contribution in [2.45, 2.75) is 25.1 Å². The summed E-state index contributed by atoms with van der Waals surface area (Å²) in [6, 6.07) is 3.70. The summed E-state index contributed by atoms with van der Waals surface area (Å²) in [4.78, 5) is 25.8. The average molecular weight is 292 g/mol. The first kappa shape index (κ1) is 13.0. The third kappa shape index (κ3) is 1.78. The van der Waals surface area contributed by atoms with Gasteiger partial charge >= 0.3 is 0 Å². The van der Waals surface area contributed by atoms with Crippen molar-refractivity contribution in [3.05, 3.63) is 29.3 Å². The van der Waals surface area contributed by atoms with Crippen LogP contribution in [0.4, 0.5) is 0 Å². The molecule has 0 bridgehead atoms. The van der Waals surface area contributed by atoms with Gasteiger partial charge in [-0.3, -0.25) is 14.5 Å². The number of fused-ring (bicyclic) bond motifs is 1. The number of hydrogen-bond donors (Lipinski definition) is 3. The van der Waals surface area contributed by atoms with Crippen molar-refractivity contribution < 1.29 is 19.8 Å². The van der Waals surface area contributed by atoms with Gasteiger partial charge in [-0.15, -0.1) is 0 Å². The zero-order valence-corrected chi connectivity index (χ0v) is 11.2. The van der Waals surface area contributed by atoms with E-state index in [2.05, 4.69) is 5.32 Å². The fourth-order valence-electron chi connectivity index (χ4n) is 2.66. The molecular weight excluding hydrogens is 280 g/mol. The molecule has 1 fully saturated rings. The van der Waals surface area contributed by atoms with Crippen LogP contribution in [0.2, 0.25) is 0 Å². The maximum absolute atomic E-state index is 12.3. The average Bonchev–Trinajstić information content (AvgIpc) is 2.64. The lowest BCUT2D eigenvalue weighted by Gasteiger charge is -2.32. The Morgan fingerprint density at radius 2 is 2.10 bits per heavy atom. The number of phenolic OH excluding ortho intramolecular Hbond substituents is 1. The van der Waals surface area contributed by atoms with Crippen molar-refractivity contribution >= 4 is 29.0 Å². The molecule has 2 amide bonds. The van der Waals surface area contributed by atoms with Crippen LogP contribution >= 0.6 is 12.2 Å². The Morgan fingerprint density at radius 3 is 2.75 bits per heavy atom. The number of nitrogens with zero attached hydrogens (tertiary/aromatic N) is 1. The monoisotopic (exact) mass is 292 g/mol. The van der Waals surface area contributed by atoms with Gasteiger partial charge in [-0.05, 0) is 12.5 Å². The summed E-state index contributed by atoms with van der Waals surface area (Å²) >= 11 is 4.92. The lowest BCUT2D eigenvalue weighted by molar-refractivity contribution is -0.128. The molecule has 0 saturated carbocycles. The molecule has 2 unspecified atom stereocenters. The maximum Gasteiger partial charge on any atom is 0.261 e. The Hall–Kier alpha value is -1.99. The summed E-state index contributed by atoms with van der Waals surface area (Å²) in [5, 5.41) is 22.5. The largest absolute Gasteiger partial charge is 0.507 e. The quantitative estimate of drug-likeness (QED) is 0.654. The van der Waals surface area contributed by atoms with E-state index in [1.807, 2.05) is 0 Å². The minimum absolute atomic E-state index is 0.0564. The highest BCUT2D eigenvalue weighted by Crippen LogP contribution is 2.38. The normalized spacial score (nSPS) is 25.6. The van der Waals surface area contributed by atoms with E-state index in [0.29, 0.717) is 23.4 Å². The number of carbonyl (C=O) groups is 2. The number of aliphatic hydroxyl groups excluding tert-OH is 1. The van der Waals surface area contributed by atoms with Gasteiger partial charge in [0.2, 0.25) is 5.91 Å². The zero-order chi connectivity index (χ0) is 14.4. The van der Waals surface area contributed by atoms with Crippen molar-refractivity contribution in [2.75, 3.05) is 0 Å². The van der Waals surface area contributed by atoms with Crippen LogP contribution in [0, 0.1) is 0 Å². The molecule has 0 aliphatic carbocycles. The molecule has 3 N–H and O–H groups in total. The predicted molar refractivity (Wildman–Crippen MR) is 73.0 cm³/mol. The Labute approximate surface area is 120 Å². The molecular formula is C13H12N2O4S. The van der Waals surface area contributed by atoms with Gasteiger partial charge in [0.1, 0.15) is 11.8 Å².